The minimum atomic E-state index is -3.67. The van der Waals surface area contributed by atoms with Gasteiger partial charge in [0.1, 0.15) is 5.54 Å². The quantitative estimate of drug-likeness (QED) is 0.641. The lowest BCUT2D eigenvalue weighted by Gasteiger charge is -2.46. The summed E-state index contributed by atoms with van der Waals surface area (Å²) >= 11 is 7.42. The summed E-state index contributed by atoms with van der Waals surface area (Å²) in [5.41, 5.74) is -0.0458. The van der Waals surface area contributed by atoms with Crippen molar-refractivity contribution in [3.63, 3.8) is 0 Å². The lowest BCUT2D eigenvalue weighted by atomic mass is 9.94. The van der Waals surface area contributed by atoms with Gasteiger partial charge in [-0.25, -0.2) is 8.42 Å². The van der Waals surface area contributed by atoms with Gasteiger partial charge in [0.2, 0.25) is 21.8 Å². The fourth-order valence-electron chi connectivity index (χ4n) is 3.53. The number of benzene rings is 2. The van der Waals surface area contributed by atoms with Crippen LogP contribution in [-0.4, -0.2) is 55.7 Å². The highest BCUT2D eigenvalue weighted by Gasteiger charge is 2.50. The van der Waals surface area contributed by atoms with Crippen LogP contribution in [0.2, 0.25) is 5.02 Å². The number of rotatable bonds is 6. The van der Waals surface area contributed by atoms with Gasteiger partial charge in [-0.3, -0.25) is 14.5 Å². The lowest BCUT2D eigenvalue weighted by Crippen LogP contribution is -2.70. The summed E-state index contributed by atoms with van der Waals surface area (Å²) in [5, 5.41) is 3.43. The van der Waals surface area contributed by atoms with Crippen LogP contribution in [0.5, 0.6) is 0 Å². The third-order valence-electron chi connectivity index (χ3n) is 5.17. The van der Waals surface area contributed by atoms with Crippen molar-refractivity contribution in [2.24, 2.45) is 0 Å². The molecule has 1 aliphatic rings. The van der Waals surface area contributed by atoms with Crippen LogP contribution in [0.15, 0.2) is 53.4 Å². The molecular formula is C21H24ClN3O4S2. The van der Waals surface area contributed by atoms with Crippen molar-refractivity contribution in [3.8, 4) is 0 Å². The number of sulfonamides is 1. The average Bonchev–Trinajstić information content (AvgIpc) is 2.72. The summed E-state index contributed by atoms with van der Waals surface area (Å²) in [6, 6.07) is 14.3. The molecule has 0 bridgehead atoms. The first-order valence-corrected chi connectivity index (χ1v) is 12.9. The Morgan fingerprint density at radius 2 is 1.90 bits per heavy atom. The van der Waals surface area contributed by atoms with E-state index in [0.717, 1.165) is 21.0 Å². The molecule has 2 amide bonds. The van der Waals surface area contributed by atoms with Crippen LogP contribution in [0.25, 0.3) is 0 Å². The van der Waals surface area contributed by atoms with E-state index in [-0.39, 0.29) is 19.6 Å². The van der Waals surface area contributed by atoms with Gasteiger partial charge < -0.3 is 5.32 Å². The molecule has 7 nitrogen and oxygen atoms in total. The molecule has 3 rings (SSSR count). The second-order valence-corrected chi connectivity index (χ2v) is 10.8. The van der Waals surface area contributed by atoms with E-state index in [1.807, 2.05) is 24.5 Å². The minimum Gasteiger partial charge on any atom is -0.350 e. The maximum atomic E-state index is 13.4. The molecule has 0 saturated carbocycles. The normalized spacial score (nSPS) is 20.0. The number of thioether (sulfide) groups is 1. The van der Waals surface area contributed by atoms with Crippen molar-refractivity contribution in [1.82, 2.24) is 9.62 Å². The Kier molecular flexibility index (Phi) is 7.00. The maximum Gasteiger partial charge on any atom is 0.247 e. The molecule has 2 aromatic rings. The number of carbonyl (C=O) groups is 2. The summed E-state index contributed by atoms with van der Waals surface area (Å²) in [4.78, 5) is 28.8. The van der Waals surface area contributed by atoms with E-state index >= 15 is 0 Å². The van der Waals surface area contributed by atoms with Crippen LogP contribution in [0.4, 0.5) is 5.69 Å². The van der Waals surface area contributed by atoms with Crippen molar-refractivity contribution in [3.05, 3.63) is 59.1 Å². The molecule has 1 aliphatic heterocycles. The Bertz CT molecular complexity index is 1090. The van der Waals surface area contributed by atoms with Gasteiger partial charge in [0.25, 0.3) is 0 Å². The molecule has 1 N–H and O–H groups in total. The molecule has 0 radical (unpaired) electrons. The van der Waals surface area contributed by atoms with Gasteiger partial charge in [-0.05, 0) is 49.1 Å². The molecule has 1 fully saturated rings. The van der Waals surface area contributed by atoms with Crippen molar-refractivity contribution in [2.75, 3.05) is 30.5 Å². The molecule has 0 aromatic heterocycles. The van der Waals surface area contributed by atoms with Crippen molar-refractivity contribution in [1.29, 1.82) is 0 Å². The summed E-state index contributed by atoms with van der Waals surface area (Å²) in [5.74, 6) is -0.905. The van der Waals surface area contributed by atoms with Gasteiger partial charge in [0.05, 0.1) is 12.8 Å². The fourth-order valence-corrected chi connectivity index (χ4v) is 4.94. The number of anilines is 1. The number of nitrogens with one attached hydrogen (secondary N) is 1. The standard InChI is InChI=1S/C21H24ClN3O4S2/c1-21(20(27)23-12-15-7-9-16(22)10-8-15)14-24(31(3,28)29)13-19(26)25(21)17-5-4-6-18(11-17)30-2/h4-11H,12-14H2,1-3H3,(H,23,27). The van der Waals surface area contributed by atoms with E-state index in [0.29, 0.717) is 10.7 Å². The summed E-state index contributed by atoms with van der Waals surface area (Å²) in [6.45, 7) is 1.35. The molecule has 1 unspecified atom stereocenters. The molecule has 10 heteroatoms. The third kappa shape index (κ3) is 5.23. The number of amides is 2. The van der Waals surface area contributed by atoms with E-state index in [9.17, 15) is 18.0 Å². The van der Waals surface area contributed by atoms with E-state index in [4.69, 9.17) is 11.6 Å². The topological polar surface area (TPSA) is 86.8 Å². The first-order chi connectivity index (χ1) is 14.5. The highest BCUT2D eigenvalue weighted by molar-refractivity contribution is 7.98. The van der Waals surface area contributed by atoms with Gasteiger partial charge in [0.15, 0.2) is 0 Å². The van der Waals surface area contributed by atoms with Crippen molar-refractivity contribution >= 4 is 50.9 Å². The summed E-state index contributed by atoms with van der Waals surface area (Å²) in [7, 11) is -3.67. The zero-order chi connectivity index (χ0) is 22.8. The molecule has 1 saturated heterocycles. The minimum absolute atomic E-state index is 0.145. The fraction of sp³-hybridized carbons (Fsp3) is 0.333. The molecule has 31 heavy (non-hydrogen) atoms. The SMILES string of the molecule is CSc1cccc(N2C(=O)CN(S(C)(=O)=O)CC2(C)C(=O)NCc2ccc(Cl)cc2)c1. The highest BCUT2D eigenvalue weighted by atomic mass is 35.5. The Morgan fingerprint density at radius 3 is 2.52 bits per heavy atom. The predicted molar refractivity (Wildman–Crippen MR) is 124 cm³/mol. The number of carbonyl (C=O) groups excluding carboxylic acids is 2. The Labute approximate surface area is 191 Å². The number of piperazine rings is 1. The van der Waals surface area contributed by atoms with E-state index < -0.39 is 27.4 Å². The van der Waals surface area contributed by atoms with Crippen LogP contribution in [0.3, 0.4) is 0 Å². The lowest BCUT2D eigenvalue weighted by molar-refractivity contribution is -0.133. The van der Waals surface area contributed by atoms with Gasteiger partial charge in [-0.2, -0.15) is 4.31 Å². The number of hydrogen-bond donors (Lipinski definition) is 1. The predicted octanol–water partition coefficient (Wildman–Crippen LogP) is 2.75. The van der Waals surface area contributed by atoms with Crippen LogP contribution in [-0.2, 0) is 26.2 Å². The van der Waals surface area contributed by atoms with Crippen LogP contribution < -0.4 is 10.2 Å². The van der Waals surface area contributed by atoms with Gasteiger partial charge >= 0.3 is 0 Å². The van der Waals surface area contributed by atoms with Gasteiger partial charge in [-0.1, -0.05) is 29.8 Å². The first kappa shape index (κ1) is 23.6. The zero-order valence-corrected chi connectivity index (χ0v) is 19.9. The van der Waals surface area contributed by atoms with E-state index in [2.05, 4.69) is 5.32 Å². The third-order valence-corrected chi connectivity index (χ3v) is 7.35. The molecule has 1 heterocycles. The second-order valence-electron chi connectivity index (χ2n) is 7.54. The molecular weight excluding hydrogens is 458 g/mol. The second kappa shape index (κ2) is 9.20. The molecule has 0 aliphatic carbocycles. The van der Waals surface area contributed by atoms with Crippen LogP contribution in [0.1, 0.15) is 12.5 Å². The largest absolute Gasteiger partial charge is 0.350 e. The maximum absolute atomic E-state index is 13.4. The molecule has 0 spiro atoms. The van der Waals surface area contributed by atoms with Gasteiger partial charge in [-0.15, -0.1) is 11.8 Å². The van der Waals surface area contributed by atoms with E-state index in [1.54, 1.807) is 37.3 Å². The summed E-state index contributed by atoms with van der Waals surface area (Å²) in [6.07, 6.45) is 2.96. The molecule has 166 valence electrons. The van der Waals surface area contributed by atoms with Crippen LogP contribution in [0, 0.1) is 0 Å². The van der Waals surface area contributed by atoms with Gasteiger partial charge in [0, 0.05) is 28.7 Å². The first-order valence-electron chi connectivity index (χ1n) is 9.49. The average molecular weight is 482 g/mol. The number of halogens is 1. The Morgan fingerprint density at radius 1 is 1.23 bits per heavy atom. The van der Waals surface area contributed by atoms with E-state index in [1.165, 1.54) is 16.7 Å². The highest BCUT2D eigenvalue weighted by Crippen LogP contribution is 2.32. The smallest absolute Gasteiger partial charge is 0.247 e. The van der Waals surface area contributed by atoms with Crippen molar-refractivity contribution in [2.45, 2.75) is 23.9 Å². The number of nitrogens with zero attached hydrogens (tertiary/aromatic N) is 2. The monoisotopic (exact) mass is 481 g/mol. The van der Waals surface area contributed by atoms with Crippen molar-refractivity contribution < 1.29 is 18.0 Å². The zero-order valence-electron chi connectivity index (χ0n) is 17.5. The molecule has 2 aromatic carbocycles. The summed E-state index contributed by atoms with van der Waals surface area (Å²) < 4.78 is 25.5. The molecule has 1 atom stereocenters. The van der Waals surface area contributed by atoms with Crippen LogP contribution >= 0.6 is 23.4 Å². The Hall–Kier alpha value is -2.07. The number of hydrogen-bond acceptors (Lipinski definition) is 5. The Balaban J connectivity index is 1.96.